The van der Waals surface area contributed by atoms with Crippen molar-refractivity contribution in [1.82, 2.24) is 19.9 Å². The summed E-state index contributed by atoms with van der Waals surface area (Å²) in [6.07, 6.45) is 1.12. The minimum absolute atomic E-state index is 0.151. The van der Waals surface area contributed by atoms with Gasteiger partial charge in [0.15, 0.2) is 5.69 Å². The first-order chi connectivity index (χ1) is 11.0. The molecule has 0 bridgehead atoms. The fourth-order valence-corrected chi connectivity index (χ4v) is 3.00. The number of aromatic nitrogens is 3. The highest BCUT2D eigenvalue weighted by Crippen LogP contribution is 2.24. The van der Waals surface area contributed by atoms with Gasteiger partial charge in [-0.3, -0.25) is 4.79 Å². The highest BCUT2D eigenvalue weighted by atomic mass is 35.5. The van der Waals surface area contributed by atoms with Crippen molar-refractivity contribution in [3.05, 3.63) is 40.7 Å². The number of carboxylic acid groups (broad SMARTS) is 1. The van der Waals surface area contributed by atoms with E-state index in [1.807, 2.05) is 6.07 Å². The van der Waals surface area contributed by atoms with Crippen LogP contribution in [0.1, 0.15) is 29.0 Å². The van der Waals surface area contributed by atoms with E-state index in [1.165, 1.54) is 9.58 Å². The van der Waals surface area contributed by atoms with Gasteiger partial charge in [0, 0.05) is 6.54 Å². The summed E-state index contributed by atoms with van der Waals surface area (Å²) >= 11 is 6.15. The smallest absolute Gasteiger partial charge is 0.326 e. The maximum atomic E-state index is 12.6. The highest BCUT2D eigenvalue weighted by Gasteiger charge is 2.36. The first-order valence-corrected chi connectivity index (χ1v) is 7.59. The van der Waals surface area contributed by atoms with E-state index in [4.69, 9.17) is 11.6 Å². The van der Waals surface area contributed by atoms with Crippen LogP contribution in [0, 0.1) is 6.92 Å². The van der Waals surface area contributed by atoms with E-state index in [9.17, 15) is 14.7 Å². The minimum atomic E-state index is -0.994. The third-order valence-corrected chi connectivity index (χ3v) is 4.30. The second-order valence-electron chi connectivity index (χ2n) is 5.38. The monoisotopic (exact) mass is 334 g/mol. The Bertz CT molecular complexity index is 774. The number of carboxylic acids is 1. The Kier molecular flexibility index (Phi) is 4.04. The molecule has 0 spiro atoms. The highest BCUT2D eigenvalue weighted by molar-refractivity contribution is 6.32. The van der Waals surface area contributed by atoms with Gasteiger partial charge in [-0.15, -0.1) is 5.10 Å². The number of nitrogens with zero attached hydrogens (tertiary/aromatic N) is 4. The predicted octanol–water partition coefficient (Wildman–Crippen LogP) is 1.92. The molecule has 2 heterocycles. The number of hydrogen-bond acceptors (Lipinski definition) is 4. The Morgan fingerprint density at radius 1 is 1.35 bits per heavy atom. The normalized spacial score (nSPS) is 17.5. The van der Waals surface area contributed by atoms with Gasteiger partial charge in [-0.25, -0.2) is 9.48 Å². The average molecular weight is 335 g/mol. The summed E-state index contributed by atoms with van der Waals surface area (Å²) in [7, 11) is 0. The van der Waals surface area contributed by atoms with Crippen LogP contribution in [0.3, 0.4) is 0 Å². The second kappa shape index (κ2) is 6.00. The molecule has 1 aromatic heterocycles. The fourth-order valence-electron chi connectivity index (χ4n) is 2.78. The van der Waals surface area contributed by atoms with Crippen LogP contribution in [-0.4, -0.2) is 49.5 Å². The Morgan fingerprint density at radius 3 is 2.78 bits per heavy atom. The lowest BCUT2D eigenvalue weighted by Crippen LogP contribution is -2.40. The number of amides is 1. The number of hydrogen-bond donors (Lipinski definition) is 1. The Hall–Kier alpha value is -2.41. The molecule has 120 valence electrons. The van der Waals surface area contributed by atoms with Gasteiger partial charge in [-0.1, -0.05) is 28.9 Å². The average Bonchev–Trinajstić information content (AvgIpc) is 3.14. The van der Waals surface area contributed by atoms with E-state index in [-0.39, 0.29) is 5.69 Å². The number of para-hydroxylation sites is 1. The summed E-state index contributed by atoms with van der Waals surface area (Å²) in [5, 5.41) is 17.6. The largest absolute Gasteiger partial charge is 0.480 e. The molecule has 0 saturated carbocycles. The Morgan fingerprint density at radius 2 is 2.09 bits per heavy atom. The van der Waals surface area contributed by atoms with Crippen LogP contribution in [0.4, 0.5) is 0 Å². The molecule has 1 atom stereocenters. The van der Waals surface area contributed by atoms with Crippen LogP contribution < -0.4 is 0 Å². The summed E-state index contributed by atoms with van der Waals surface area (Å²) in [6.45, 7) is 2.12. The third-order valence-electron chi connectivity index (χ3n) is 3.98. The number of carbonyl (C=O) groups is 2. The molecule has 23 heavy (non-hydrogen) atoms. The summed E-state index contributed by atoms with van der Waals surface area (Å²) in [5.74, 6) is -1.40. The van der Waals surface area contributed by atoms with Crippen molar-refractivity contribution < 1.29 is 14.7 Å². The summed E-state index contributed by atoms with van der Waals surface area (Å²) in [5.41, 5.74) is 1.30. The van der Waals surface area contributed by atoms with Crippen molar-refractivity contribution in [3.63, 3.8) is 0 Å². The number of carbonyl (C=O) groups excluding carboxylic acids is 1. The number of rotatable bonds is 3. The molecule has 1 fully saturated rings. The van der Waals surface area contributed by atoms with E-state index >= 15 is 0 Å². The molecule has 3 rings (SSSR count). The SMILES string of the molecule is Cc1c(C(=O)N2CCC[C@@H]2C(=O)O)nnn1-c1ccccc1Cl. The van der Waals surface area contributed by atoms with Crippen molar-refractivity contribution >= 4 is 23.5 Å². The summed E-state index contributed by atoms with van der Waals surface area (Å²) in [4.78, 5) is 25.2. The number of benzene rings is 1. The van der Waals surface area contributed by atoms with Gasteiger partial charge in [0.25, 0.3) is 5.91 Å². The first kappa shape index (κ1) is 15.5. The van der Waals surface area contributed by atoms with Gasteiger partial charge in [-0.05, 0) is 31.9 Å². The van der Waals surface area contributed by atoms with Crippen LogP contribution in [0.15, 0.2) is 24.3 Å². The molecule has 2 aromatic rings. The number of aliphatic carboxylic acids is 1. The molecule has 0 radical (unpaired) electrons. The van der Waals surface area contributed by atoms with E-state index in [1.54, 1.807) is 25.1 Å². The molecule has 0 aliphatic carbocycles. The van der Waals surface area contributed by atoms with Crippen LogP contribution in [0.5, 0.6) is 0 Å². The van der Waals surface area contributed by atoms with E-state index in [0.717, 1.165) is 0 Å². The number of likely N-dealkylation sites (tertiary alicyclic amines) is 1. The van der Waals surface area contributed by atoms with Crippen LogP contribution >= 0.6 is 11.6 Å². The third kappa shape index (κ3) is 2.68. The maximum Gasteiger partial charge on any atom is 0.326 e. The zero-order valence-corrected chi connectivity index (χ0v) is 13.2. The molecule has 8 heteroatoms. The van der Waals surface area contributed by atoms with Crippen molar-refractivity contribution in [1.29, 1.82) is 0 Å². The molecule has 1 N–H and O–H groups in total. The van der Waals surface area contributed by atoms with Crippen LogP contribution in [0.25, 0.3) is 5.69 Å². The Balaban J connectivity index is 1.95. The van der Waals surface area contributed by atoms with Gasteiger partial charge in [-0.2, -0.15) is 0 Å². The quantitative estimate of drug-likeness (QED) is 0.926. The van der Waals surface area contributed by atoms with Crippen molar-refractivity contribution in [3.8, 4) is 5.69 Å². The zero-order valence-electron chi connectivity index (χ0n) is 12.4. The molecule has 1 saturated heterocycles. The molecule has 1 aromatic carbocycles. The van der Waals surface area contributed by atoms with E-state index in [0.29, 0.717) is 35.8 Å². The molecular formula is C15H15ClN4O3. The van der Waals surface area contributed by atoms with Crippen LogP contribution in [-0.2, 0) is 4.79 Å². The van der Waals surface area contributed by atoms with Gasteiger partial charge in [0.2, 0.25) is 0 Å². The molecule has 1 aliphatic rings. The summed E-state index contributed by atoms with van der Waals surface area (Å²) < 4.78 is 1.49. The van der Waals surface area contributed by atoms with Crippen molar-refractivity contribution in [2.75, 3.05) is 6.54 Å². The van der Waals surface area contributed by atoms with Gasteiger partial charge in [0.05, 0.1) is 16.4 Å². The van der Waals surface area contributed by atoms with Crippen molar-refractivity contribution in [2.45, 2.75) is 25.8 Å². The predicted molar refractivity (Wildman–Crippen MR) is 82.8 cm³/mol. The topological polar surface area (TPSA) is 88.3 Å². The van der Waals surface area contributed by atoms with Gasteiger partial charge < -0.3 is 10.0 Å². The standard InChI is InChI=1S/C15H15ClN4O3/c1-9-13(14(21)19-8-4-7-12(19)15(22)23)17-18-20(9)11-6-3-2-5-10(11)16/h2-3,5-6,12H,4,7-8H2,1H3,(H,22,23)/t12-/m1/s1. The van der Waals surface area contributed by atoms with E-state index < -0.39 is 17.9 Å². The summed E-state index contributed by atoms with van der Waals surface area (Å²) in [6, 6.07) is 6.30. The molecule has 7 nitrogen and oxygen atoms in total. The molecule has 1 aliphatic heterocycles. The lowest BCUT2D eigenvalue weighted by Gasteiger charge is -2.20. The zero-order chi connectivity index (χ0) is 16.6. The molecule has 0 unspecified atom stereocenters. The second-order valence-corrected chi connectivity index (χ2v) is 5.79. The van der Waals surface area contributed by atoms with Crippen molar-refractivity contribution in [2.24, 2.45) is 0 Å². The molecule has 1 amide bonds. The maximum absolute atomic E-state index is 12.6. The van der Waals surface area contributed by atoms with Gasteiger partial charge in [0.1, 0.15) is 6.04 Å². The first-order valence-electron chi connectivity index (χ1n) is 7.21. The number of halogens is 1. The molecular weight excluding hydrogens is 320 g/mol. The van der Waals surface area contributed by atoms with Crippen LogP contribution in [0.2, 0.25) is 5.02 Å². The Labute approximate surface area is 137 Å². The lowest BCUT2D eigenvalue weighted by molar-refractivity contribution is -0.141. The fraction of sp³-hybridized carbons (Fsp3) is 0.333. The lowest BCUT2D eigenvalue weighted by atomic mass is 10.2. The van der Waals surface area contributed by atoms with Gasteiger partial charge >= 0.3 is 5.97 Å². The van der Waals surface area contributed by atoms with E-state index in [2.05, 4.69) is 10.3 Å². The minimum Gasteiger partial charge on any atom is -0.480 e.